The van der Waals surface area contributed by atoms with Gasteiger partial charge < -0.3 is 14.9 Å². The van der Waals surface area contributed by atoms with Crippen molar-refractivity contribution in [2.24, 2.45) is 0 Å². The van der Waals surface area contributed by atoms with Crippen LogP contribution in [-0.4, -0.2) is 22.2 Å². The van der Waals surface area contributed by atoms with Crippen molar-refractivity contribution in [2.45, 2.75) is 65.4 Å². The number of aromatic carboxylic acids is 1. The lowest BCUT2D eigenvalue weighted by atomic mass is 9.80. The Kier molecular flexibility index (Phi) is 9.23. The number of unbranched alkanes of at least 4 members (excludes halogenated alkanes) is 2. The number of carboxylic acid groups (broad SMARTS) is 2. The number of aliphatic carboxylic acids is 1. The van der Waals surface area contributed by atoms with Crippen LogP contribution in [-0.2, 0) is 11.4 Å². The van der Waals surface area contributed by atoms with Crippen LogP contribution in [0.25, 0.3) is 0 Å². The maximum absolute atomic E-state index is 13.8. The van der Waals surface area contributed by atoms with Crippen molar-refractivity contribution < 1.29 is 28.9 Å². The second-order valence-electron chi connectivity index (χ2n) is 9.17. The van der Waals surface area contributed by atoms with Crippen LogP contribution >= 0.6 is 0 Å². The molecule has 0 amide bonds. The van der Waals surface area contributed by atoms with Gasteiger partial charge in [0.15, 0.2) is 0 Å². The fourth-order valence-electron chi connectivity index (χ4n) is 4.78. The molecule has 0 aliphatic rings. The summed E-state index contributed by atoms with van der Waals surface area (Å²) in [6, 6.07) is 16.0. The fourth-order valence-corrected chi connectivity index (χ4v) is 4.78. The minimum absolute atomic E-state index is 0.110. The molecule has 6 heteroatoms. The fraction of sp³-hybridized carbons (Fsp3) is 0.333. The molecule has 3 aromatic rings. The average molecular weight is 493 g/mol. The van der Waals surface area contributed by atoms with E-state index in [9.17, 15) is 19.1 Å². The summed E-state index contributed by atoms with van der Waals surface area (Å²) < 4.78 is 20.2. The van der Waals surface area contributed by atoms with Crippen molar-refractivity contribution in [3.05, 3.63) is 99.4 Å². The van der Waals surface area contributed by atoms with E-state index in [0.29, 0.717) is 36.3 Å². The summed E-state index contributed by atoms with van der Waals surface area (Å²) >= 11 is 0. The predicted octanol–water partition coefficient (Wildman–Crippen LogP) is 7.20. The molecule has 0 saturated heterocycles. The SMILES string of the molecule is Cc1c(C)c(C(=O)O)c(C)c(C(CCCCCC(=O)O)c2ccc(F)cc2)c1OCc1ccccc1. The zero-order valence-corrected chi connectivity index (χ0v) is 21.0. The van der Waals surface area contributed by atoms with E-state index in [1.807, 2.05) is 44.2 Å². The van der Waals surface area contributed by atoms with Gasteiger partial charge in [0.2, 0.25) is 0 Å². The van der Waals surface area contributed by atoms with Gasteiger partial charge in [0.25, 0.3) is 0 Å². The summed E-state index contributed by atoms with van der Waals surface area (Å²) in [6.07, 6.45) is 2.78. The van der Waals surface area contributed by atoms with Crippen LogP contribution in [0.3, 0.4) is 0 Å². The average Bonchev–Trinajstić information content (AvgIpc) is 2.84. The van der Waals surface area contributed by atoms with Gasteiger partial charge in [0, 0.05) is 17.9 Å². The molecule has 0 aliphatic heterocycles. The van der Waals surface area contributed by atoms with Crippen LogP contribution in [0, 0.1) is 26.6 Å². The summed E-state index contributed by atoms with van der Waals surface area (Å²) in [7, 11) is 0. The van der Waals surface area contributed by atoms with Gasteiger partial charge in [-0.1, -0.05) is 55.3 Å². The molecule has 0 aromatic heterocycles. The molecule has 2 N–H and O–H groups in total. The van der Waals surface area contributed by atoms with E-state index >= 15 is 0 Å². The third-order valence-corrected chi connectivity index (χ3v) is 6.75. The maximum Gasteiger partial charge on any atom is 0.336 e. The number of carbonyl (C=O) groups is 2. The minimum atomic E-state index is -0.997. The zero-order valence-electron chi connectivity index (χ0n) is 21.0. The van der Waals surface area contributed by atoms with Gasteiger partial charge in [0.1, 0.15) is 18.2 Å². The van der Waals surface area contributed by atoms with Crippen molar-refractivity contribution in [3.8, 4) is 5.75 Å². The highest BCUT2D eigenvalue weighted by molar-refractivity contribution is 5.93. The molecule has 0 radical (unpaired) electrons. The minimum Gasteiger partial charge on any atom is -0.488 e. The number of carboxylic acids is 2. The highest BCUT2D eigenvalue weighted by Gasteiger charge is 2.28. The summed E-state index contributed by atoms with van der Waals surface area (Å²) in [6.45, 7) is 5.81. The molecule has 0 saturated carbocycles. The molecule has 0 aliphatic carbocycles. The Morgan fingerprint density at radius 1 is 0.861 bits per heavy atom. The molecule has 3 rings (SSSR count). The first-order chi connectivity index (χ1) is 17.2. The van der Waals surface area contributed by atoms with Crippen LogP contribution in [0.5, 0.6) is 5.75 Å². The van der Waals surface area contributed by atoms with Gasteiger partial charge in [-0.2, -0.15) is 0 Å². The van der Waals surface area contributed by atoms with Gasteiger partial charge in [-0.25, -0.2) is 9.18 Å². The Labute approximate surface area is 211 Å². The Morgan fingerprint density at radius 2 is 1.53 bits per heavy atom. The summed E-state index contributed by atoms with van der Waals surface area (Å²) in [5, 5.41) is 19.0. The van der Waals surface area contributed by atoms with Gasteiger partial charge in [0.05, 0.1) is 5.56 Å². The molecular weight excluding hydrogens is 459 g/mol. The van der Waals surface area contributed by atoms with Gasteiger partial charge >= 0.3 is 11.9 Å². The lowest BCUT2D eigenvalue weighted by molar-refractivity contribution is -0.137. The Balaban J connectivity index is 2.10. The summed E-state index contributed by atoms with van der Waals surface area (Å²) in [5.41, 5.74) is 4.96. The Morgan fingerprint density at radius 3 is 2.14 bits per heavy atom. The standard InChI is InChI=1S/C30H33FO5/c1-19-20(2)29(36-18-22-10-6-4-7-11-22)28(21(3)27(19)30(34)35)25(12-8-5-9-13-26(32)33)23-14-16-24(31)17-15-23/h4,6-7,10-11,14-17,25H,5,8-9,12-13,18H2,1-3H3,(H,32,33)(H,34,35). The van der Waals surface area contributed by atoms with Crippen molar-refractivity contribution in [1.82, 2.24) is 0 Å². The highest BCUT2D eigenvalue weighted by atomic mass is 19.1. The first kappa shape index (κ1) is 26.9. The van der Waals surface area contributed by atoms with Crippen molar-refractivity contribution in [3.63, 3.8) is 0 Å². The predicted molar refractivity (Wildman–Crippen MR) is 137 cm³/mol. The second kappa shape index (κ2) is 12.3. The molecule has 0 heterocycles. The van der Waals surface area contributed by atoms with E-state index in [4.69, 9.17) is 9.84 Å². The van der Waals surface area contributed by atoms with E-state index in [0.717, 1.165) is 35.1 Å². The number of rotatable bonds is 12. The van der Waals surface area contributed by atoms with Crippen LogP contribution in [0.15, 0.2) is 54.6 Å². The first-order valence-corrected chi connectivity index (χ1v) is 12.2. The van der Waals surface area contributed by atoms with E-state index in [1.54, 1.807) is 19.1 Å². The van der Waals surface area contributed by atoms with E-state index < -0.39 is 11.9 Å². The molecular formula is C30H33FO5. The van der Waals surface area contributed by atoms with E-state index in [1.165, 1.54) is 12.1 Å². The second-order valence-corrected chi connectivity index (χ2v) is 9.17. The molecule has 0 spiro atoms. The van der Waals surface area contributed by atoms with Gasteiger partial charge in [-0.15, -0.1) is 0 Å². The highest BCUT2D eigenvalue weighted by Crippen LogP contribution is 2.43. The first-order valence-electron chi connectivity index (χ1n) is 12.2. The van der Waals surface area contributed by atoms with Crippen molar-refractivity contribution in [1.29, 1.82) is 0 Å². The lowest BCUT2D eigenvalue weighted by Crippen LogP contribution is -2.15. The maximum atomic E-state index is 13.8. The van der Waals surface area contributed by atoms with Crippen LogP contribution in [0.2, 0.25) is 0 Å². The molecule has 5 nitrogen and oxygen atoms in total. The van der Waals surface area contributed by atoms with Crippen molar-refractivity contribution >= 4 is 11.9 Å². The number of hydrogen-bond acceptors (Lipinski definition) is 3. The molecule has 1 unspecified atom stereocenters. The molecule has 190 valence electrons. The third-order valence-electron chi connectivity index (χ3n) is 6.75. The largest absolute Gasteiger partial charge is 0.488 e. The Hall–Kier alpha value is -3.67. The number of ether oxygens (including phenoxy) is 1. The topological polar surface area (TPSA) is 83.8 Å². The van der Waals surface area contributed by atoms with E-state index in [-0.39, 0.29) is 23.7 Å². The van der Waals surface area contributed by atoms with Gasteiger partial charge in [-0.3, -0.25) is 4.79 Å². The van der Waals surface area contributed by atoms with E-state index in [2.05, 4.69) is 0 Å². The van der Waals surface area contributed by atoms with Crippen molar-refractivity contribution in [2.75, 3.05) is 0 Å². The molecule has 36 heavy (non-hydrogen) atoms. The monoisotopic (exact) mass is 492 g/mol. The number of hydrogen-bond donors (Lipinski definition) is 2. The number of benzene rings is 3. The van der Waals surface area contributed by atoms with Crippen LogP contribution in [0.1, 0.15) is 81.8 Å². The number of halogens is 1. The Bertz CT molecular complexity index is 1200. The van der Waals surface area contributed by atoms with Crippen LogP contribution in [0.4, 0.5) is 4.39 Å². The smallest absolute Gasteiger partial charge is 0.336 e. The third kappa shape index (κ3) is 6.51. The van der Waals surface area contributed by atoms with Gasteiger partial charge in [-0.05, 0) is 73.6 Å². The zero-order chi connectivity index (χ0) is 26.2. The van der Waals surface area contributed by atoms with Crippen LogP contribution < -0.4 is 4.74 Å². The quantitative estimate of drug-likeness (QED) is 0.261. The molecule has 3 aromatic carbocycles. The summed E-state index contributed by atoms with van der Waals surface area (Å²) in [4.78, 5) is 23.2. The molecule has 1 atom stereocenters. The lowest BCUT2D eigenvalue weighted by Gasteiger charge is -2.27. The summed E-state index contributed by atoms with van der Waals surface area (Å²) in [5.74, 6) is -1.75. The molecule has 0 bridgehead atoms. The molecule has 0 fully saturated rings. The normalized spacial score (nSPS) is 11.8.